The maximum atomic E-state index is 13.6. The third-order valence-corrected chi connectivity index (χ3v) is 7.57. The number of carboxylic acid groups (broad SMARTS) is 1. The smallest absolute Gasteiger partial charge is 0.314 e. The van der Waals surface area contributed by atoms with E-state index in [1.807, 2.05) is 0 Å². The van der Waals surface area contributed by atoms with Gasteiger partial charge in [0.05, 0.1) is 18.2 Å². The number of fused-ring (bicyclic) bond motifs is 1. The predicted molar refractivity (Wildman–Crippen MR) is 124 cm³/mol. The summed E-state index contributed by atoms with van der Waals surface area (Å²) in [5.74, 6) is -0.585. The van der Waals surface area contributed by atoms with Gasteiger partial charge in [-0.05, 0) is 61.2 Å². The summed E-state index contributed by atoms with van der Waals surface area (Å²) in [4.78, 5) is 26.8. The van der Waals surface area contributed by atoms with Crippen molar-refractivity contribution in [1.82, 2.24) is 9.78 Å². The Kier molecular flexibility index (Phi) is 5.01. The quantitative estimate of drug-likeness (QED) is 0.575. The van der Waals surface area contributed by atoms with Crippen molar-refractivity contribution < 1.29 is 27.9 Å². The second-order valence-corrected chi connectivity index (χ2v) is 10.6. The van der Waals surface area contributed by atoms with E-state index < -0.39 is 21.2 Å². The molecule has 2 aliphatic rings. The van der Waals surface area contributed by atoms with Gasteiger partial charge in [0.1, 0.15) is 11.4 Å². The molecule has 9 nitrogen and oxygen atoms in total. The monoisotopic (exact) mass is 481 g/mol. The number of nitrogens with zero attached hydrogens (tertiary/aromatic N) is 3. The lowest BCUT2D eigenvalue weighted by molar-refractivity contribution is -0.140. The highest BCUT2D eigenvalue weighted by atomic mass is 32.2. The zero-order valence-corrected chi connectivity index (χ0v) is 19.5. The number of amides is 1. The highest BCUT2D eigenvalue weighted by Gasteiger charge is 2.51. The topological polar surface area (TPSA) is 119 Å². The van der Waals surface area contributed by atoms with Crippen molar-refractivity contribution in [2.24, 2.45) is 0 Å². The van der Waals surface area contributed by atoms with E-state index in [1.54, 1.807) is 60.5 Å². The van der Waals surface area contributed by atoms with Crippen molar-refractivity contribution in [3.8, 4) is 11.4 Å². The average Bonchev–Trinajstić information content (AvgIpc) is 3.53. The lowest BCUT2D eigenvalue weighted by atomic mass is 9.95. The standard InChI is InChI=1S/C24H23N3O6S/c1-33-18-9-7-17(8-10-18)27-20-19(21(25-27)34(2,31)32)11-14-26(22(20)28)16-5-3-15(4-6-16)24(12-13-24)23(29)30/h3-10H,11-14H2,1-2H3,(H,29,30). The number of aromatic nitrogens is 2. The van der Waals surface area contributed by atoms with Crippen molar-refractivity contribution in [1.29, 1.82) is 0 Å². The number of carbonyl (C=O) groups excluding carboxylic acids is 1. The van der Waals surface area contributed by atoms with Crippen LogP contribution in [0.25, 0.3) is 5.69 Å². The molecule has 0 saturated heterocycles. The van der Waals surface area contributed by atoms with Crippen LogP contribution in [0.15, 0.2) is 53.6 Å². The summed E-state index contributed by atoms with van der Waals surface area (Å²) in [6.07, 6.45) is 2.60. The fraction of sp³-hybridized carbons (Fsp3) is 0.292. The van der Waals surface area contributed by atoms with Crippen LogP contribution in [-0.4, -0.2) is 55.1 Å². The molecule has 2 aromatic carbocycles. The highest BCUT2D eigenvalue weighted by molar-refractivity contribution is 7.90. The van der Waals surface area contributed by atoms with E-state index in [9.17, 15) is 23.1 Å². The SMILES string of the molecule is COc1ccc(-n2nc(S(C)(=O)=O)c3c2C(=O)N(c2ccc(C4(C(=O)O)CC4)cc2)CC3)cc1. The number of carbonyl (C=O) groups is 2. The van der Waals surface area contributed by atoms with Crippen molar-refractivity contribution in [2.75, 3.05) is 24.8 Å². The number of ether oxygens (including phenoxy) is 1. The molecule has 34 heavy (non-hydrogen) atoms. The van der Waals surface area contributed by atoms with E-state index in [-0.39, 0.29) is 23.2 Å². The van der Waals surface area contributed by atoms with Gasteiger partial charge in [0.2, 0.25) is 0 Å². The summed E-state index contributed by atoms with van der Waals surface area (Å²) in [7, 11) is -2.11. The Labute approximate surface area is 196 Å². The van der Waals surface area contributed by atoms with Gasteiger partial charge in [0.15, 0.2) is 14.9 Å². The molecule has 0 radical (unpaired) electrons. The molecule has 5 rings (SSSR count). The number of carboxylic acids is 1. The summed E-state index contributed by atoms with van der Waals surface area (Å²) in [6, 6.07) is 13.8. The molecule has 0 atom stereocenters. The van der Waals surface area contributed by atoms with E-state index in [4.69, 9.17) is 4.74 Å². The Morgan fingerprint density at radius 3 is 2.21 bits per heavy atom. The second kappa shape index (κ2) is 7.69. The first kappa shape index (κ1) is 22.1. The third kappa shape index (κ3) is 3.45. The first-order chi connectivity index (χ1) is 16.2. The summed E-state index contributed by atoms with van der Waals surface area (Å²) >= 11 is 0. The zero-order chi connectivity index (χ0) is 24.3. The minimum Gasteiger partial charge on any atom is -0.497 e. The van der Waals surface area contributed by atoms with Gasteiger partial charge >= 0.3 is 5.97 Å². The zero-order valence-electron chi connectivity index (χ0n) is 18.7. The van der Waals surface area contributed by atoms with Gasteiger partial charge in [-0.3, -0.25) is 9.59 Å². The average molecular weight is 482 g/mol. The molecule has 2 heterocycles. The first-order valence-corrected chi connectivity index (χ1v) is 12.7. The minimum atomic E-state index is -3.66. The number of anilines is 1. The molecule has 1 fully saturated rings. The Morgan fingerprint density at radius 1 is 1.06 bits per heavy atom. The summed E-state index contributed by atoms with van der Waals surface area (Å²) in [6.45, 7) is 0.284. The Balaban J connectivity index is 1.55. The minimum absolute atomic E-state index is 0.0983. The van der Waals surface area contributed by atoms with E-state index in [0.29, 0.717) is 42.0 Å². The van der Waals surface area contributed by atoms with E-state index >= 15 is 0 Å². The maximum absolute atomic E-state index is 13.6. The number of methoxy groups -OCH3 is 1. The van der Waals surface area contributed by atoms with Crippen molar-refractivity contribution in [3.05, 3.63) is 65.4 Å². The van der Waals surface area contributed by atoms with Gasteiger partial charge < -0.3 is 14.7 Å². The molecule has 10 heteroatoms. The van der Waals surface area contributed by atoms with Crippen LogP contribution < -0.4 is 9.64 Å². The number of benzene rings is 2. The van der Waals surface area contributed by atoms with Gasteiger partial charge in [-0.25, -0.2) is 13.1 Å². The summed E-state index contributed by atoms with van der Waals surface area (Å²) in [5.41, 5.74) is 1.65. The van der Waals surface area contributed by atoms with Crippen LogP contribution in [0.2, 0.25) is 0 Å². The number of hydrogen-bond acceptors (Lipinski definition) is 6. The lowest BCUT2D eigenvalue weighted by Gasteiger charge is -2.28. The van der Waals surface area contributed by atoms with E-state index in [0.717, 1.165) is 11.8 Å². The molecule has 1 aliphatic heterocycles. The third-order valence-electron chi connectivity index (χ3n) is 6.54. The summed E-state index contributed by atoms with van der Waals surface area (Å²) in [5, 5.41) is 13.8. The Bertz CT molecular complexity index is 1400. The second-order valence-electron chi connectivity index (χ2n) is 8.66. The molecule has 1 aliphatic carbocycles. The molecule has 1 saturated carbocycles. The van der Waals surface area contributed by atoms with Crippen LogP contribution in [0.4, 0.5) is 5.69 Å². The molecule has 0 unspecified atom stereocenters. The fourth-order valence-electron chi connectivity index (χ4n) is 4.49. The molecule has 3 aromatic rings. The van der Waals surface area contributed by atoms with E-state index in [2.05, 4.69) is 5.10 Å². The van der Waals surface area contributed by atoms with E-state index in [1.165, 1.54) is 4.68 Å². The molecular weight excluding hydrogens is 458 g/mol. The Morgan fingerprint density at radius 2 is 1.68 bits per heavy atom. The maximum Gasteiger partial charge on any atom is 0.314 e. The van der Waals surface area contributed by atoms with Gasteiger partial charge in [0, 0.05) is 24.1 Å². The van der Waals surface area contributed by atoms with Crippen molar-refractivity contribution in [3.63, 3.8) is 0 Å². The van der Waals surface area contributed by atoms with Gasteiger partial charge in [0.25, 0.3) is 5.91 Å². The van der Waals surface area contributed by atoms with Gasteiger partial charge in [-0.1, -0.05) is 12.1 Å². The van der Waals surface area contributed by atoms with Crippen LogP contribution in [0, 0.1) is 0 Å². The molecule has 0 bridgehead atoms. The molecule has 0 spiro atoms. The predicted octanol–water partition coefficient (Wildman–Crippen LogP) is 2.60. The fourth-order valence-corrected chi connectivity index (χ4v) is 5.37. The van der Waals surface area contributed by atoms with Crippen LogP contribution in [0.3, 0.4) is 0 Å². The molecule has 176 valence electrons. The highest BCUT2D eigenvalue weighted by Crippen LogP contribution is 2.48. The van der Waals surface area contributed by atoms with Crippen LogP contribution in [0.1, 0.15) is 34.5 Å². The van der Waals surface area contributed by atoms with Crippen LogP contribution in [-0.2, 0) is 26.5 Å². The molecule has 1 amide bonds. The van der Waals surface area contributed by atoms with Crippen molar-refractivity contribution in [2.45, 2.75) is 29.7 Å². The van der Waals surface area contributed by atoms with Crippen LogP contribution >= 0.6 is 0 Å². The van der Waals surface area contributed by atoms with Crippen molar-refractivity contribution >= 4 is 27.4 Å². The number of sulfone groups is 1. The largest absolute Gasteiger partial charge is 0.497 e. The Hall–Kier alpha value is -3.66. The number of aliphatic carboxylic acids is 1. The first-order valence-electron chi connectivity index (χ1n) is 10.8. The van der Waals surface area contributed by atoms with Gasteiger partial charge in [-0.15, -0.1) is 0 Å². The molecule has 1 N–H and O–H groups in total. The lowest BCUT2D eigenvalue weighted by Crippen LogP contribution is -2.39. The van der Waals surface area contributed by atoms with Crippen LogP contribution in [0.5, 0.6) is 5.75 Å². The normalized spacial score (nSPS) is 16.8. The van der Waals surface area contributed by atoms with Gasteiger partial charge in [-0.2, -0.15) is 5.10 Å². The summed E-state index contributed by atoms with van der Waals surface area (Å²) < 4.78 is 31.4. The molecular formula is C24H23N3O6S. The number of hydrogen-bond donors (Lipinski definition) is 1. The molecule has 1 aromatic heterocycles. The number of rotatable bonds is 6.